The molecule has 0 radical (unpaired) electrons. The molecular formula is C25H22ClN3OS2. The maximum atomic E-state index is 12.9. The number of benzene rings is 2. The zero-order chi connectivity index (χ0) is 21.9. The number of hydrogen-bond acceptors (Lipinski definition) is 5. The molecular weight excluding hydrogens is 458 g/mol. The van der Waals surface area contributed by atoms with E-state index in [-0.39, 0.29) is 5.91 Å². The Labute approximate surface area is 200 Å². The van der Waals surface area contributed by atoms with Gasteiger partial charge in [-0.1, -0.05) is 18.0 Å². The number of thiophene rings is 1. The molecule has 3 heterocycles. The number of carbonyl (C=O) groups excluding carboxylic acids is 1. The molecule has 2 aromatic carbocycles. The predicted molar refractivity (Wildman–Crippen MR) is 138 cm³/mol. The smallest absolute Gasteiger partial charge is 0.255 e. The highest BCUT2D eigenvalue weighted by Gasteiger charge is 2.14. The zero-order valence-electron chi connectivity index (χ0n) is 17.4. The first kappa shape index (κ1) is 21.3. The monoisotopic (exact) mass is 479 g/mol. The number of fused-ring (bicyclic) bond motifs is 1. The van der Waals surface area contributed by atoms with Gasteiger partial charge in [0, 0.05) is 51.1 Å². The first-order valence-electron chi connectivity index (χ1n) is 10.6. The van der Waals surface area contributed by atoms with Gasteiger partial charge in [-0.3, -0.25) is 9.78 Å². The summed E-state index contributed by atoms with van der Waals surface area (Å²) in [5.41, 5.74) is 4.10. The Kier molecular flexibility index (Phi) is 6.35. The van der Waals surface area contributed by atoms with Crippen LogP contribution in [0.25, 0.3) is 21.3 Å². The van der Waals surface area contributed by atoms with E-state index in [1.54, 1.807) is 23.6 Å². The third-order valence-electron chi connectivity index (χ3n) is 5.53. The van der Waals surface area contributed by atoms with Gasteiger partial charge in [-0.25, -0.2) is 0 Å². The van der Waals surface area contributed by atoms with Gasteiger partial charge in [-0.15, -0.1) is 11.3 Å². The van der Waals surface area contributed by atoms with Gasteiger partial charge in [-0.2, -0.15) is 0 Å². The van der Waals surface area contributed by atoms with Crippen LogP contribution >= 0.6 is 34.9 Å². The van der Waals surface area contributed by atoms with Crippen LogP contribution in [0.3, 0.4) is 0 Å². The van der Waals surface area contributed by atoms with Gasteiger partial charge >= 0.3 is 0 Å². The summed E-state index contributed by atoms with van der Waals surface area (Å²) in [6, 6.07) is 17.4. The summed E-state index contributed by atoms with van der Waals surface area (Å²) in [6.45, 7) is 1.05. The quantitative estimate of drug-likeness (QED) is 0.307. The number of hydrogen-bond donors (Lipinski definition) is 1. The van der Waals surface area contributed by atoms with Crippen LogP contribution in [0.2, 0.25) is 5.02 Å². The average Bonchev–Trinajstić information content (AvgIpc) is 3.14. The molecule has 1 N–H and O–H groups in total. The number of nitrogens with zero attached hydrogens (tertiary/aromatic N) is 2. The second kappa shape index (κ2) is 9.53. The molecule has 0 aliphatic carbocycles. The molecule has 2 aromatic heterocycles. The van der Waals surface area contributed by atoms with Crippen molar-refractivity contribution in [3.05, 3.63) is 76.8 Å². The largest absolute Gasteiger partial charge is 0.322 e. The molecule has 1 aliphatic heterocycles. The van der Waals surface area contributed by atoms with E-state index in [1.165, 1.54) is 19.3 Å². The molecule has 0 spiro atoms. The highest BCUT2D eigenvalue weighted by molar-refractivity contribution is 8.00. The van der Waals surface area contributed by atoms with Crippen LogP contribution in [0.5, 0.6) is 0 Å². The van der Waals surface area contributed by atoms with Crippen molar-refractivity contribution in [2.24, 2.45) is 0 Å². The summed E-state index contributed by atoms with van der Waals surface area (Å²) < 4.78 is 3.49. The van der Waals surface area contributed by atoms with Crippen LogP contribution in [-0.4, -0.2) is 23.2 Å². The lowest BCUT2D eigenvalue weighted by Gasteiger charge is -2.21. The highest BCUT2D eigenvalue weighted by atomic mass is 35.5. The zero-order valence-corrected chi connectivity index (χ0v) is 19.8. The van der Waals surface area contributed by atoms with Crippen LogP contribution in [0.4, 0.5) is 11.4 Å². The number of rotatable bonds is 4. The van der Waals surface area contributed by atoms with Crippen LogP contribution in [-0.2, 0) is 0 Å². The normalized spacial score (nSPS) is 14.3. The molecule has 162 valence electrons. The molecule has 1 saturated heterocycles. The summed E-state index contributed by atoms with van der Waals surface area (Å²) >= 11 is 10.0. The van der Waals surface area contributed by atoms with Crippen molar-refractivity contribution in [1.29, 1.82) is 0 Å². The van der Waals surface area contributed by atoms with Gasteiger partial charge in [0.2, 0.25) is 0 Å². The lowest BCUT2D eigenvalue weighted by Crippen LogP contribution is -2.15. The summed E-state index contributed by atoms with van der Waals surface area (Å²) in [4.78, 5) is 17.4. The van der Waals surface area contributed by atoms with Gasteiger partial charge in [-0.05, 0) is 84.8 Å². The van der Waals surface area contributed by atoms with Gasteiger partial charge < -0.3 is 9.62 Å². The number of aromatic nitrogens is 1. The maximum Gasteiger partial charge on any atom is 0.255 e. The Bertz CT molecular complexity index is 1250. The van der Waals surface area contributed by atoms with Crippen LogP contribution < -0.4 is 9.62 Å². The fourth-order valence-corrected chi connectivity index (χ4v) is 5.92. The summed E-state index contributed by atoms with van der Waals surface area (Å²) in [5.74, 6) is 1.00. The highest BCUT2D eigenvalue weighted by Crippen LogP contribution is 2.35. The average molecular weight is 480 g/mol. The maximum absolute atomic E-state index is 12.9. The van der Waals surface area contributed by atoms with Crippen molar-refractivity contribution < 1.29 is 4.79 Å². The summed E-state index contributed by atoms with van der Waals surface area (Å²) in [5, 5.41) is 6.71. The molecule has 5 rings (SSSR count). The first-order chi connectivity index (χ1) is 15.7. The van der Waals surface area contributed by atoms with Crippen molar-refractivity contribution in [1.82, 2.24) is 4.98 Å². The SMILES string of the molecule is O=C(Nc1ccc(Cl)c(-c2nccc3sccc23)c1)c1ccc(N2CCCCCS2)cc1. The molecule has 7 heteroatoms. The third kappa shape index (κ3) is 4.49. The number of anilines is 2. The molecule has 1 aliphatic rings. The van der Waals surface area contributed by atoms with E-state index in [1.807, 2.05) is 65.9 Å². The fourth-order valence-electron chi connectivity index (χ4n) is 3.85. The minimum atomic E-state index is -0.143. The Morgan fingerprint density at radius 1 is 1.03 bits per heavy atom. The standard InChI is InChI=1S/C25H22ClN3OS2/c26-22-9-6-18(16-21(22)24-20-11-15-31-23(20)10-12-27-24)28-25(30)17-4-7-19(8-5-17)29-13-2-1-3-14-32-29/h4-12,15-16H,1-3,13-14H2,(H,28,30). The van der Waals surface area contributed by atoms with E-state index in [2.05, 4.69) is 14.6 Å². The molecule has 4 nitrogen and oxygen atoms in total. The fraction of sp³-hybridized carbons (Fsp3) is 0.200. The van der Waals surface area contributed by atoms with Crippen molar-refractivity contribution in [3.63, 3.8) is 0 Å². The van der Waals surface area contributed by atoms with E-state index >= 15 is 0 Å². The predicted octanol–water partition coefficient (Wildman–Crippen LogP) is 7.51. The van der Waals surface area contributed by atoms with Gasteiger partial charge in [0.05, 0.1) is 10.7 Å². The number of nitrogens with one attached hydrogen (secondary N) is 1. The van der Waals surface area contributed by atoms with Crippen molar-refractivity contribution in [3.8, 4) is 11.3 Å². The van der Waals surface area contributed by atoms with Crippen LogP contribution in [0.15, 0.2) is 66.2 Å². The van der Waals surface area contributed by atoms with E-state index < -0.39 is 0 Å². The molecule has 0 atom stereocenters. The lowest BCUT2D eigenvalue weighted by molar-refractivity contribution is 0.102. The number of amides is 1. The molecule has 1 fully saturated rings. The van der Waals surface area contributed by atoms with Crippen molar-refractivity contribution >= 4 is 62.3 Å². The summed E-state index contributed by atoms with van der Waals surface area (Å²) in [6.07, 6.45) is 5.55. The van der Waals surface area contributed by atoms with E-state index in [0.717, 1.165) is 39.3 Å². The van der Waals surface area contributed by atoms with E-state index in [9.17, 15) is 4.79 Å². The second-order valence-electron chi connectivity index (χ2n) is 7.68. The number of pyridine rings is 1. The van der Waals surface area contributed by atoms with Gasteiger partial charge in [0.1, 0.15) is 0 Å². The van der Waals surface area contributed by atoms with E-state index in [4.69, 9.17) is 11.6 Å². The lowest BCUT2D eigenvalue weighted by atomic mass is 10.1. The molecule has 0 bridgehead atoms. The third-order valence-corrected chi connectivity index (χ3v) is 7.92. The van der Waals surface area contributed by atoms with Crippen LogP contribution in [0, 0.1) is 0 Å². The number of carbonyl (C=O) groups is 1. The van der Waals surface area contributed by atoms with Gasteiger partial charge in [0.25, 0.3) is 5.91 Å². The Morgan fingerprint density at radius 3 is 2.78 bits per heavy atom. The number of halogens is 1. The first-order valence-corrected chi connectivity index (χ1v) is 12.8. The van der Waals surface area contributed by atoms with Crippen LogP contribution in [0.1, 0.15) is 29.6 Å². The minimum absolute atomic E-state index is 0.143. The minimum Gasteiger partial charge on any atom is -0.322 e. The van der Waals surface area contributed by atoms with Crippen molar-refractivity contribution in [2.45, 2.75) is 19.3 Å². The van der Waals surface area contributed by atoms with Gasteiger partial charge in [0.15, 0.2) is 0 Å². The van der Waals surface area contributed by atoms with E-state index in [0.29, 0.717) is 16.3 Å². The Hall–Kier alpha value is -2.54. The van der Waals surface area contributed by atoms with Crippen molar-refractivity contribution in [2.75, 3.05) is 21.9 Å². The molecule has 1 amide bonds. The second-order valence-corrected chi connectivity index (χ2v) is 10.1. The Morgan fingerprint density at radius 2 is 1.91 bits per heavy atom. The molecule has 0 saturated carbocycles. The summed E-state index contributed by atoms with van der Waals surface area (Å²) in [7, 11) is 0. The molecule has 0 unspecified atom stereocenters. The molecule has 4 aromatic rings. The Balaban J connectivity index is 1.36. The topological polar surface area (TPSA) is 45.2 Å². The molecule has 32 heavy (non-hydrogen) atoms.